The van der Waals surface area contributed by atoms with Gasteiger partial charge in [-0.1, -0.05) is 6.08 Å². The Balaban J connectivity index is 1.94. The first-order valence-corrected chi connectivity index (χ1v) is 6.71. The number of nitrogens with one attached hydrogen (secondary N) is 2. The Kier molecular flexibility index (Phi) is 7.64. The molecule has 0 aromatic heterocycles. The van der Waals surface area contributed by atoms with Crippen LogP contribution in [0.2, 0.25) is 0 Å². The van der Waals surface area contributed by atoms with E-state index in [2.05, 4.69) is 34.1 Å². The summed E-state index contributed by atoms with van der Waals surface area (Å²) in [5.41, 5.74) is 0. The molecule has 0 spiro atoms. The summed E-state index contributed by atoms with van der Waals surface area (Å²) in [6.07, 6.45) is 2.78. The first-order valence-electron chi connectivity index (χ1n) is 6.71. The lowest BCUT2D eigenvalue weighted by Gasteiger charge is -2.32. The molecule has 1 aliphatic rings. The Morgan fingerprint density at radius 2 is 2.06 bits per heavy atom. The lowest BCUT2D eigenvalue weighted by atomic mass is 10.3. The molecule has 18 heavy (non-hydrogen) atoms. The van der Waals surface area contributed by atoms with Crippen LogP contribution in [0.25, 0.3) is 0 Å². The fourth-order valence-corrected chi connectivity index (χ4v) is 1.95. The van der Waals surface area contributed by atoms with Crippen molar-refractivity contribution < 1.29 is 4.79 Å². The molecular weight excluding hydrogens is 228 g/mol. The minimum absolute atomic E-state index is 0.0650. The number of hydrogen-bond donors (Lipinski definition) is 2. The highest BCUT2D eigenvalue weighted by atomic mass is 16.1. The predicted octanol–water partition coefficient (Wildman–Crippen LogP) is -0.484. The number of carbonyl (C=O) groups excluding carboxylic acids is 1. The van der Waals surface area contributed by atoms with Gasteiger partial charge in [0.2, 0.25) is 5.91 Å². The van der Waals surface area contributed by atoms with E-state index in [1.54, 1.807) is 6.08 Å². The maximum Gasteiger partial charge on any atom is 0.233 e. The maximum atomic E-state index is 11.4. The quantitative estimate of drug-likeness (QED) is 0.453. The first-order chi connectivity index (χ1) is 8.72. The number of carbonyl (C=O) groups is 1. The zero-order chi connectivity index (χ0) is 13.2. The molecule has 0 radical (unpaired) electrons. The standard InChI is InChI=1S/C13H26N4O/c1-3-5-14-12-13(18)15-6-4-7-17-10-8-16(2)9-11-17/h3,14H,1,4-12H2,2H3,(H,15,18). The monoisotopic (exact) mass is 254 g/mol. The van der Waals surface area contributed by atoms with Gasteiger partial charge in [0.25, 0.3) is 0 Å². The van der Waals surface area contributed by atoms with Gasteiger partial charge < -0.3 is 20.4 Å². The number of amides is 1. The van der Waals surface area contributed by atoms with Crippen molar-refractivity contribution in [3.8, 4) is 0 Å². The topological polar surface area (TPSA) is 47.6 Å². The summed E-state index contributed by atoms with van der Waals surface area (Å²) >= 11 is 0. The molecule has 2 N–H and O–H groups in total. The Morgan fingerprint density at radius 3 is 2.72 bits per heavy atom. The molecule has 1 saturated heterocycles. The van der Waals surface area contributed by atoms with Gasteiger partial charge in [-0.15, -0.1) is 6.58 Å². The molecule has 0 aliphatic carbocycles. The van der Waals surface area contributed by atoms with Crippen LogP contribution in [0.1, 0.15) is 6.42 Å². The van der Waals surface area contributed by atoms with Crippen LogP contribution in [0.15, 0.2) is 12.7 Å². The van der Waals surface area contributed by atoms with E-state index in [0.29, 0.717) is 13.1 Å². The largest absolute Gasteiger partial charge is 0.355 e. The SMILES string of the molecule is C=CCNCC(=O)NCCCN1CCN(C)CC1. The van der Waals surface area contributed by atoms with Gasteiger partial charge in [0, 0.05) is 39.3 Å². The van der Waals surface area contributed by atoms with Crippen LogP contribution in [0.4, 0.5) is 0 Å². The van der Waals surface area contributed by atoms with E-state index >= 15 is 0 Å². The van der Waals surface area contributed by atoms with E-state index in [9.17, 15) is 4.79 Å². The van der Waals surface area contributed by atoms with Gasteiger partial charge >= 0.3 is 0 Å². The summed E-state index contributed by atoms with van der Waals surface area (Å²) in [6, 6.07) is 0. The number of piperazine rings is 1. The summed E-state index contributed by atoms with van der Waals surface area (Å²) in [7, 11) is 2.16. The fourth-order valence-electron chi connectivity index (χ4n) is 1.95. The third-order valence-corrected chi connectivity index (χ3v) is 3.14. The van der Waals surface area contributed by atoms with Crippen molar-refractivity contribution in [2.24, 2.45) is 0 Å². The van der Waals surface area contributed by atoms with E-state index in [4.69, 9.17) is 0 Å². The Labute approximate surface area is 110 Å². The van der Waals surface area contributed by atoms with Crippen LogP contribution in [-0.2, 0) is 4.79 Å². The second-order valence-electron chi connectivity index (χ2n) is 4.77. The molecule has 0 saturated carbocycles. The molecular formula is C13H26N4O. The van der Waals surface area contributed by atoms with Gasteiger partial charge in [0.1, 0.15) is 0 Å². The van der Waals surface area contributed by atoms with Gasteiger partial charge in [-0.3, -0.25) is 4.79 Å². The molecule has 0 bridgehead atoms. The van der Waals surface area contributed by atoms with Crippen molar-refractivity contribution in [1.29, 1.82) is 0 Å². The van der Waals surface area contributed by atoms with Crippen molar-refractivity contribution in [1.82, 2.24) is 20.4 Å². The second kappa shape index (κ2) is 9.08. The number of likely N-dealkylation sites (N-methyl/N-ethyl adjacent to an activating group) is 1. The molecule has 1 fully saturated rings. The zero-order valence-corrected chi connectivity index (χ0v) is 11.5. The Morgan fingerprint density at radius 1 is 1.33 bits per heavy atom. The molecule has 1 heterocycles. The third-order valence-electron chi connectivity index (χ3n) is 3.14. The highest BCUT2D eigenvalue weighted by Crippen LogP contribution is 1.99. The summed E-state index contributed by atoms with van der Waals surface area (Å²) < 4.78 is 0. The van der Waals surface area contributed by atoms with Gasteiger partial charge in [-0.25, -0.2) is 0 Å². The third kappa shape index (κ3) is 6.74. The van der Waals surface area contributed by atoms with Crippen LogP contribution >= 0.6 is 0 Å². The van der Waals surface area contributed by atoms with Crippen molar-refractivity contribution >= 4 is 5.91 Å². The molecule has 1 amide bonds. The average molecular weight is 254 g/mol. The molecule has 0 aromatic carbocycles. The molecule has 1 rings (SSSR count). The van der Waals surface area contributed by atoms with Crippen molar-refractivity contribution in [3.63, 3.8) is 0 Å². The molecule has 5 heteroatoms. The number of hydrogen-bond acceptors (Lipinski definition) is 4. The molecule has 0 aromatic rings. The summed E-state index contributed by atoms with van der Waals surface area (Å²) in [6.45, 7) is 11.1. The lowest BCUT2D eigenvalue weighted by Crippen LogP contribution is -2.45. The fraction of sp³-hybridized carbons (Fsp3) is 0.769. The number of rotatable bonds is 8. The highest BCUT2D eigenvalue weighted by Gasteiger charge is 2.12. The van der Waals surface area contributed by atoms with Gasteiger partial charge in [-0.2, -0.15) is 0 Å². The van der Waals surface area contributed by atoms with E-state index in [0.717, 1.165) is 45.7 Å². The minimum Gasteiger partial charge on any atom is -0.355 e. The van der Waals surface area contributed by atoms with Gasteiger partial charge in [0.15, 0.2) is 0 Å². The van der Waals surface area contributed by atoms with Crippen LogP contribution in [0.3, 0.4) is 0 Å². The van der Waals surface area contributed by atoms with Crippen molar-refractivity contribution in [2.75, 3.05) is 59.4 Å². The molecule has 0 atom stereocenters. The second-order valence-corrected chi connectivity index (χ2v) is 4.77. The normalized spacial score (nSPS) is 17.6. The van der Waals surface area contributed by atoms with Gasteiger partial charge in [0.05, 0.1) is 6.54 Å². The first kappa shape index (κ1) is 15.1. The Bertz CT molecular complexity index is 249. The summed E-state index contributed by atoms with van der Waals surface area (Å²) in [5, 5.41) is 5.90. The van der Waals surface area contributed by atoms with Crippen molar-refractivity contribution in [3.05, 3.63) is 12.7 Å². The van der Waals surface area contributed by atoms with E-state index in [-0.39, 0.29) is 5.91 Å². The predicted molar refractivity (Wildman–Crippen MR) is 74.6 cm³/mol. The number of nitrogens with zero attached hydrogens (tertiary/aromatic N) is 2. The van der Waals surface area contributed by atoms with E-state index < -0.39 is 0 Å². The van der Waals surface area contributed by atoms with E-state index in [1.165, 1.54) is 0 Å². The zero-order valence-electron chi connectivity index (χ0n) is 11.5. The van der Waals surface area contributed by atoms with E-state index in [1.807, 2.05) is 0 Å². The van der Waals surface area contributed by atoms with Crippen LogP contribution < -0.4 is 10.6 Å². The maximum absolute atomic E-state index is 11.4. The lowest BCUT2D eigenvalue weighted by molar-refractivity contribution is -0.120. The van der Waals surface area contributed by atoms with Gasteiger partial charge in [-0.05, 0) is 20.0 Å². The molecule has 104 valence electrons. The average Bonchev–Trinajstić information content (AvgIpc) is 2.37. The molecule has 5 nitrogen and oxygen atoms in total. The van der Waals surface area contributed by atoms with Crippen molar-refractivity contribution in [2.45, 2.75) is 6.42 Å². The Hall–Kier alpha value is -0.910. The van der Waals surface area contributed by atoms with Crippen LogP contribution in [-0.4, -0.2) is 75.1 Å². The van der Waals surface area contributed by atoms with Crippen LogP contribution in [0.5, 0.6) is 0 Å². The highest BCUT2D eigenvalue weighted by molar-refractivity contribution is 5.77. The smallest absolute Gasteiger partial charge is 0.233 e. The molecule has 0 unspecified atom stereocenters. The summed E-state index contributed by atoms with van der Waals surface area (Å²) in [5.74, 6) is 0.0650. The minimum atomic E-state index is 0.0650. The summed E-state index contributed by atoms with van der Waals surface area (Å²) in [4.78, 5) is 16.2. The van der Waals surface area contributed by atoms with Crippen LogP contribution in [0, 0.1) is 0 Å². The molecule has 1 aliphatic heterocycles.